The number of rotatable bonds is 6. The summed E-state index contributed by atoms with van der Waals surface area (Å²) in [7, 11) is 0. The van der Waals surface area contributed by atoms with Gasteiger partial charge in [-0.3, -0.25) is 4.98 Å². The van der Waals surface area contributed by atoms with E-state index in [-0.39, 0.29) is 0 Å². The van der Waals surface area contributed by atoms with E-state index in [0.29, 0.717) is 16.9 Å². The third kappa shape index (κ3) is 4.30. The number of halogens is 1. The van der Waals surface area contributed by atoms with Gasteiger partial charge in [0.05, 0.1) is 10.7 Å². The highest BCUT2D eigenvalue weighted by molar-refractivity contribution is 7.98. The van der Waals surface area contributed by atoms with E-state index in [0.717, 1.165) is 27.7 Å². The molecule has 0 bridgehead atoms. The third-order valence-electron chi connectivity index (χ3n) is 3.55. The van der Waals surface area contributed by atoms with Crippen molar-refractivity contribution in [3.8, 4) is 11.5 Å². The standard InChI is InChI=1S/C18H13ClN4OS2/c19-14-3-1-12(2-4-14)9-16-21-15(10-25-16)11-26-18-23-22-17(24-18)13-5-7-20-8-6-13/h1-8,10H,9,11H2. The summed E-state index contributed by atoms with van der Waals surface area (Å²) in [5, 5.41) is 12.6. The molecule has 0 saturated carbocycles. The third-order valence-corrected chi connectivity index (χ3v) is 5.55. The van der Waals surface area contributed by atoms with Crippen LogP contribution in [0.15, 0.2) is 63.8 Å². The molecule has 3 heterocycles. The molecule has 0 radical (unpaired) electrons. The second kappa shape index (κ2) is 7.99. The van der Waals surface area contributed by atoms with E-state index in [1.54, 1.807) is 23.7 Å². The second-order valence-corrected chi connectivity index (χ2v) is 7.74. The predicted octanol–water partition coefficient (Wildman–Crippen LogP) is 5.12. The zero-order valence-electron chi connectivity index (χ0n) is 13.5. The van der Waals surface area contributed by atoms with Crippen LogP contribution in [0.25, 0.3) is 11.5 Å². The Morgan fingerprint density at radius 3 is 2.65 bits per heavy atom. The van der Waals surface area contributed by atoms with Crippen molar-refractivity contribution in [1.29, 1.82) is 0 Å². The number of hydrogen-bond donors (Lipinski definition) is 0. The van der Waals surface area contributed by atoms with Crippen LogP contribution < -0.4 is 0 Å². The molecule has 1 aromatic carbocycles. The monoisotopic (exact) mass is 400 g/mol. The van der Waals surface area contributed by atoms with Crippen LogP contribution in [-0.4, -0.2) is 20.2 Å². The van der Waals surface area contributed by atoms with Crippen LogP contribution in [0.3, 0.4) is 0 Å². The summed E-state index contributed by atoms with van der Waals surface area (Å²) in [6, 6.07) is 11.5. The zero-order valence-corrected chi connectivity index (χ0v) is 15.9. The van der Waals surface area contributed by atoms with Crippen molar-refractivity contribution in [3.05, 3.63) is 75.5 Å². The zero-order chi connectivity index (χ0) is 17.8. The van der Waals surface area contributed by atoms with E-state index in [1.807, 2.05) is 36.4 Å². The number of nitrogens with zero attached hydrogens (tertiary/aromatic N) is 4. The number of thioether (sulfide) groups is 1. The minimum atomic E-state index is 0.497. The number of hydrogen-bond acceptors (Lipinski definition) is 7. The summed E-state index contributed by atoms with van der Waals surface area (Å²) in [6.45, 7) is 0. The van der Waals surface area contributed by atoms with E-state index in [9.17, 15) is 0 Å². The molecular formula is C18H13ClN4OS2. The molecule has 0 fully saturated rings. The molecule has 0 saturated heterocycles. The van der Waals surface area contributed by atoms with Gasteiger partial charge in [-0.15, -0.1) is 21.5 Å². The first kappa shape index (κ1) is 17.2. The van der Waals surface area contributed by atoms with Crippen LogP contribution >= 0.6 is 34.7 Å². The summed E-state index contributed by atoms with van der Waals surface area (Å²) in [4.78, 5) is 8.66. The first-order chi connectivity index (χ1) is 12.8. The smallest absolute Gasteiger partial charge is 0.277 e. The molecule has 26 heavy (non-hydrogen) atoms. The van der Waals surface area contributed by atoms with Gasteiger partial charge >= 0.3 is 0 Å². The number of pyridine rings is 1. The van der Waals surface area contributed by atoms with Crippen LogP contribution in [0.2, 0.25) is 5.02 Å². The van der Waals surface area contributed by atoms with Crippen LogP contribution in [0, 0.1) is 0 Å². The first-order valence-electron chi connectivity index (χ1n) is 7.81. The highest BCUT2D eigenvalue weighted by atomic mass is 35.5. The van der Waals surface area contributed by atoms with E-state index >= 15 is 0 Å². The summed E-state index contributed by atoms with van der Waals surface area (Å²) in [5.74, 6) is 1.19. The highest BCUT2D eigenvalue weighted by Gasteiger charge is 2.10. The lowest BCUT2D eigenvalue weighted by Gasteiger charge is -1.98. The van der Waals surface area contributed by atoms with E-state index in [1.165, 1.54) is 17.3 Å². The van der Waals surface area contributed by atoms with Gasteiger partial charge in [-0.1, -0.05) is 35.5 Å². The molecule has 3 aromatic heterocycles. The van der Waals surface area contributed by atoms with Gasteiger partial charge in [0.15, 0.2) is 0 Å². The lowest BCUT2D eigenvalue weighted by atomic mass is 10.2. The Kier molecular flexibility index (Phi) is 5.29. The Hall–Kier alpha value is -2.22. The topological polar surface area (TPSA) is 64.7 Å². The van der Waals surface area contributed by atoms with Crippen LogP contribution in [0.1, 0.15) is 16.3 Å². The van der Waals surface area contributed by atoms with Gasteiger partial charge in [0.25, 0.3) is 5.22 Å². The minimum absolute atomic E-state index is 0.497. The number of thiazole rings is 1. The summed E-state index contributed by atoms with van der Waals surface area (Å²) < 4.78 is 5.68. The molecule has 4 rings (SSSR count). The molecule has 0 amide bonds. The average molecular weight is 401 g/mol. The van der Waals surface area contributed by atoms with Gasteiger partial charge in [-0.05, 0) is 29.8 Å². The molecule has 8 heteroatoms. The van der Waals surface area contributed by atoms with Gasteiger partial charge in [0, 0.05) is 40.5 Å². The Labute approximate surface area is 163 Å². The lowest BCUT2D eigenvalue weighted by molar-refractivity contribution is 0.465. The fourth-order valence-corrected chi connectivity index (χ4v) is 4.00. The molecule has 0 spiro atoms. The van der Waals surface area contributed by atoms with Crippen molar-refractivity contribution in [2.24, 2.45) is 0 Å². The maximum atomic E-state index is 5.92. The normalized spacial score (nSPS) is 11.0. The SMILES string of the molecule is Clc1ccc(Cc2nc(CSc3nnc(-c4ccncc4)o3)cs2)cc1. The molecule has 0 aliphatic rings. The average Bonchev–Trinajstić information content (AvgIpc) is 3.32. The summed E-state index contributed by atoms with van der Waals surface area (Å²) >= 11 is 9.06. The maximum absolute atomic E-state index is 5.92. The van der Waals surface area contributed by atoms with Gasteiger partial charge in [0.2, 0.25) is 5.89 Å². The van der Waals surface area contributed by atoms with Crippen molar-refractivity contribution in [3.63, 3.8) is 0 Å². The van der Waals surface area contributed by atoms with Crippen molar-refractivity contribution in [2.45, 2.75) is 17.4 Å². The molecule has 0 atom stereocenters. The fourth-order valence-electron chi connectivity index (χ4n) is 2.29. The highest BCUT2D eigenvalue weighted by Crippen LogP contribution is 2.26. The lowest BCUT2D eigenvalue weighted by Crippen LogP contribution is -1.88. The molecule has 0 N–H and O–H groups in total. The molecule has 4 aromatic rings. The molecule has 130 valence electrons. The van der Waals surface area contributed by atoms with Gasteiger partial charge in [-0.25, -0.2) is 4.98 Å². The summed E-state index contributed by atoms with van der Waals surface area (Å²) in [6.07, 6.45) is 4.20. The van der Waals surface area contributed by atoms with E-state index in [2.05, 4.69) is 25.5 Å². The molecule has 0 aliphatic carbocycles. The van der Waals surface area contributed by atoms with E-state index in [4.69, 9.17) is 16.0 Å². The van der Waals surface area contributed by atoms with Crippen molar-refractivity contribution in [1.82, 2.24) is 20.2 Å². The summed E-state index contributed by atoms with van der Waals surface area (Å²) in [5.41, 5.74) is 3.06. The predicted molar refractivity (Wildman–Crippen MR) is 103 cm³/mol. The number of benzene rings is 1. The van der Waals surface area contributed by atoms with E-state index < -0.39 is 0 Å². The van der Waals surface area contributed by atoms with Crippen LogP contribution in [0.5, 0.6) is 0 Å². The van der Waals surface area contributed by atoms with Crippen molar-refractivity contribution < 1.29 is 4.42 Å². The number of aromatic nitrogens is 4. The quantitative estimate of drug-likeness (QED) is 0.418. The second-order valence-electron chi connectivity index (χ2n) is 5.43. The first-order valence-corrected chi connectivity index (χ1v) is 10.0. The maximum Gasteiger partial charge on any atom is 0.277 e. The fraction of sp³-hybridized carbons (Fsp3) is 0.111. The van der Waals surface area contributed by atoms with Gasteiger partial charge in [-0.2, -0.15) is 0 Å². The van der Waals surface area contributed by atoms with Crippen molar-refractivity contribution >= 4 is 34.7 Å². The van der Waals surface area contributed by atoms with Crippen molar-refractivity contribution in [2.75, 3.05) is 0 Å². The Morgan fingerprint density at radius 1 is 1.04 bits per heavy atom. The van der Waals surface area contributed by atoms with Crippen LogP contribution in [0.4, 0.5) is 0 Å². The van der Waals surface area contributed by atoms with Crippen LogP contribution in [-0.2, 0) is 12.2 Å². The molecular weight excluding hydrogens is 388 g/mol. The van der Waals surface area contributed by atoms with Gasteiger partial charge in [0.1, 0.15) is 0 Å². The molecule has 0 unspecified atom stereocenters. The van der Waals surface area contributed by atoms with Gasteiger partial charge < -0.3 is 4.42 Å². The largest absolute Gasteiger partial charge is 0.411 e. The molecule has 5 nitrogen and oxygen atoms in total. The Bertz CT molecular complexity index is 986. The minimum Gasteiger partial charge on any atom is -0.411 e. The Morgan fingerprint density at radius 2 is 1.85 bits per heavy atom. The molecule has 0 aliphatic heterocycles. The Balaban J connectivity index is 1.36.